The molecule has 1 amide bonds. The maximum Gasteiger partial charge on any atom is 0.329 e. The lowest BCUT2D eigenvalue weighted by molar-refractivity contribution is -0.142. The third kappa shape index (κ3) is 6.17. The van der Waals surface area contributed by atoms with Crippen LogP contribution in [-0.4, -0.2) is 36.7 Å². The molecule has 1 heterocycles. The summed E-state index contributed by atoms with van der Waals surface area (Å²) < 4.78 is 4.78. The Balaban J connectivity index is 2.17. The van der Waals surface area contributed by atoms with Crippen LogP contribution >= 0.6 is 11.3 Å². The number of hydrogen-bond acceptors (Lipinski definition) is 4. The van der Waals surface area contributed by atoms with E-state index in [1.54, 1.807) is 17.4 Å². The SMILES string of the molecule is Cc1ccc(C=CC(=O)NCCOCC(=O)O)s1. The Morgan fingerprint density at radius 2 is 2.28 bits per heavy atom. The van der Waals surface area contributed by atoms with E-state index in [4.69, 9.17) is 9.84 Å². The molecule has 6 heteroatoms. The van der Waals surface area contributed by atoms with E-state index < -0.39 is 5.97 Å². The quantitative estimate of drug-likeness (QED) is 0.577. The van der Waals surface area contributed by atoms with Crippen molar-refractivity contribution >= 4 is 29.3 Å². The minimum absolute atomic E-state index is 0.185. The molecule has 0 aliphatic rings. The Morgan fingerprint density at radius 1 is 1.50 bits per heavy atom. The zero-order valence-corrected chi connectivity index (χ0v) is 10.8. The lowest BCUT2D eigenvalue weighted by atomic mass is 10.4. The van der Waals surface area contributed by atoms with E-state index in [9.17, 15) is 9.59 Å². The molecular weight excluding hydrogens is 254 g/mol. The number of hydrogen-bond donors (Lipinski definition) is 2. The molecule has 98 valence electrons. The molecule has 0 atom stereocenters. The number of carbonyl (C=O) groups excluding carboxylic acids is 1. The largest absolute Gasteiger partial charge is 0.480 e. The fourth-order valence-corrected chi connectivity index (χ4v) is 1.95. The molecule has 0 bridgehead atoms. The van der Waals surface area contributed by atoms with E-state index in [1.165, 1.54) is 11.0 Å². The molecular formula is C12H15NO4S. The molecule has 0 aliphatic carbocycles. The van der Waals surface area contributed by atoms with Crippen molar-refractivity contribution in [3.8, 4) is 0 Å². The molecule has 0 saturated carbocycles. The number of aryl methyl sites for hydroxylation is 1. The van der Waals surface area contributed by atoms with Gasteiger partial charge in [-0.2, -0.15) is 0 Å². The second-order valence-corrected chi connectivity index (χ2v) is 4.84. The van der Waals surface area contributed by atoms with Crippen molar-refractivity contribution in [2.45, 2.75) is 6.92 Å². The first-order chi connectivity index (χ1) is 8.58. The molecule has 0 spiro atoms. The Hall–Kier alpha value is -1.66. The summed E-state index contributed by atoms with van der Waals surface area (Å²) in [6.45, 7) is 2.13. The molecule has 0 aliphatic heterocycles. The van der Waals surface area contributed by atoms with Gasteiger partial charge >= 0.3 is 5.97 Å². The van der Waals surface area contributed by atoms with E-state index in [0.29, 0.717) is 6.54 Å². The highest BCUT2D eigenvalue weighted by Gasteiger charge is 1.98. The first-order valence-electron chi connectivity index (χ1n) is 5.40. The number of aliphatic carboxylic acids is 1. The highest BCUT2D eigenvalue weighted by atomic mass is 32.1. The first-order valence-corrected chi connectivity index (χ1v) is 6.21. The smallest absolute Gasteiger partial charge is 0.329 e. The van der Waals surface area contributed by atoms with Crippen LogP contribution in [0.3, 0.4) is 0 Å². The minimum atomic E-state index is -1.02. The van der Waals surface area contributed by atoms with E-state index in [-0.39, 0.29) is 19.1 Å². The van der Waals surface area contributed by atoms with Crippen LogP contribution in [0.1, 0.15) is 9.75 Å². The van der Waals surface area contributed by atoms with Gasteiger partial charge in [0.05, 0.1) is 6.61 Å². The van der Waals surface area contributed by atoms with Gasteiger partial charge in [-0.1, -0.05) is 0 Å². The van der Waals surface area contributed by atoms with Crippen molar-refractivity contribution in [3.05, 3.63) is 28.0 Å². The summed E-state index contributed by atoms with van der Waals surface area (Å²) >= 11 is 1.61. The van der Waals surface area contributed by atoms with Crippen molar-refractivity contribution in [2.24, 2.45) is 0 Å². The van der Waals surface area contributed by atoms with Gasteiger partial charge in [0.15, 0.2) is 0 Å². The van der Waals surface area contributed by atoms with Gasteiger partial charge in [-0.3, -0.25) is 4.79 Å². The second kappa shape index (κ2) is 7.62. The monoisotopic (exact) mass is 269 g/mol. The standard InChI is InChI=1S/C12H15NO4S/c1-9-2-3-10(18-9)4-5-11(14)13-6-7-17-8-12(15)16/h2-5H,6-8H2,1H3,(H,13,14)(H,15,16). The number of nitrogens with one attached hydrogen (secondary N) is 1. The van der Waals surface area contributed by atoms with E-state index >= 15 is 0 Å². The van der Waals surface area contributed by atoms with Crippen LogP contribution in [0.15, 0.2) is 18.2 Å². The molecule has 1 rings (SSSR count). The van der Waals surface area contributed by atoms with E-state index in [0.717, 1.165) is 4.88 Å². The summed E-state index contributed by atoms with van der Waals surface area (Å²) in [5, 5.41) is 10.9. The van der Waals surface area contributed by atoms with Crippen molar-refractivity contribution in [2.75, 3.05) is 19.8 Å². The third-order valence-corrected chi connectivity index (χ3v) is 2.90. The Labute approximate surface area is 109 Å². The number of carbonyl (C=O) groups is 2. The van der Waals surface area contributed by atoms with Crippen LogP contribution in [-0.2, 0) is 14.3 Å². The first kappa shape index (κ1) is 14.4. The number of amides is 1. The lowest BCUT2D eigenvalue weighted by Gasteiger charge is -2.01. The Bertz CT molecular complexity index is 439. The zero-order chi connectivity index (χ0) is 13.4. The molecule has 0 aromatic carbocycles. The Kier molecular flexibility index (Phi) is 6.10. The number of rotatable bonds is 7. The van der Waals surface area contributed by atoms with Crippen LogP contribution in [0, 0.1) is 6.92 Å². The van der Waals surface area contributed by atoms with Gasteiger partial charge in [0.25, 0.3) is 0 Å². The molecule has 5 nitrogen and oxygen atoms in total. The number of carboxylic acid groups (broad SMARTS) is 1. The molecule has 1 aromatic rings. The molecule has 0 unspecified atom stereocenters. The van der Waals surface area contributed by atoms with Crippen molar-refractivity contribution in [3.63, 3.8) is 0 Å². The van der Waals surface area contributed by atoms with Gasteiger partial charge in [-0.15, -0.1) is 11.3 Å². The molecule has 2 N–H and O–H groups in total. The molecule has 0 saturated heterocycles. The predicted molar refractivity (Wildman–Crippen MR) is 69.6 cm³/mol. The predicted octanol–water partition coefficient (Wildman–Crippen LogP) is 1.29. The van der Waals surface area contributed by atoms with Gasteiger partial charge in [-0.25, -0.2) is 4.79 Å². The Morgan fingerprint density at radius 3 is 2.89 bits per heavy atom. The van der Waals surface area contributed by atoms with Crippen LogP contribution in [0.25, 0.3) is 6.08 Å². The summed E-state index contributed by atoms with van der Waals surface area (Å²) in [5.41, 5.74) is 0. The van der Waals surface area contributed by atoms with Crippen molar-refractivity contribution in [1.82, 2.24) is 5.32 Å². The minimum Gasteiger partial charge on any atom is -0.480 e. The fourth-order valence-electron chi connectivity index (χ4n) is 1.17. The fraction of sp³-hybridized carbons (Fsp3) is 0.333. The van der Waals surface area contributed by atoms with Gasteiger partial charge in [0.2, 0.25) is 5.91 Å². The number of carboxylic acids is 1. The van der Waals surface area contributed by atoms with Gasteiger partial charge < -0.3 is 15.2 Å². The summed E-state index contributed by atoms with van der Waals surface area (Å²) in [6.07, 6.45) is 3.19. The average molecular weight is 269 g/mol. The van der Waals surface area contributed by atoms with Crippen LogP contribution < -0.4 is 5.32 Å². The molecule has 18 heavy (non-hydrogen) atoms. The maximum absolute atomic E-state index is 11.4. The third-order valence-electron chi connectivity index (χ3n) is 1.93. The van der Waals surface area contributed by atoms with Crippen LogP contribution in [0.4, 0.5) is 0 Å². The highest BCUT2D eigenvalue weighted by Crippen LogP contribution is 2.16. The number of ether oxygens (including phenoxy) is 1. The average Bonchev–Trinajstić information content (AvgIpc) is 2.71. The van der Waals surface area contributed by atoms with E-state index in [1.807, 2.05) is 19.1 Å². The topological polar surface area (TPSA) is 75.6 Å². The molecule has 0 radical (unpaired) electrons. The van der Waals surface area contributed by atoms with Gasteiger partial charge in [0, 0.05) is 22.4 Å². The number of thiophene rings is 1. The van der Waals surface area contributed by atoms with Crippen molar-refractivity contribution < 1.29 is 19.4 Å². The summed E-state index contributed by atoms with van der Waals surface area (Å²) in [6, 6.07) is 3.93. The lowest BCUT2D eigenvalue weighted by Crippen LogP contribution is -2.26. The normalized spacial score (nSPS) is 10.7. The van der Waals surface area contributed by atoms with E-state index in [2.05, 4.69) is 5.32 Å². The zero-order valence-electron chi connectivity index (χ0n) is 10.0. The van der Waals surface area contributed by atoms with Crippen LogP contribution in [0.5, 0.6) is 0 Å². The molecule has 0 fully saturated rings. The van der Waals surface area contributed by atoms with Gasteiger partial charge in [-0.05, 0) is 25.1 Å². The highest BCUT2D eigenvalue weighted by molar-refractivity contribution is 7.12. The summed E-state index contributed by atoms with van der Waals surface area (Å²) in [7, 11) is 0. The summed E-state index contributed by atoms with van der Waals surface area (Å²) in [4.78, 5) is 23.7. The van der Waals surface area contributed by atoms with Crippen molar-refractivity contribution in [1.29, 1.82) is 0 Å². The maximum atomic E-state index is 11.4. The second-order valence-electron chi connectivity index (χ2n) is 3.52. The summed E-state index contributed by atoms with van der Waals surface area (Å²) in [5.74, 6) is -1.24. The van der Waals surface area contributed by atoms with Gasteiger partial charge in [0.1, 0.15) is 6.61 Å². The van der Waals surface area contributed by atoms with Crippen LogP contribution in [0.2, 0.25) is 0 Å². The molecule has 1 aromatic heterocycles.